The number of imidazole rings is 1. The molecule has 1 aromatic heterocycles. The monoisotopic (exact) mass is 298 g/mol. The molecule has 2 heterocycles. The molecule has 116 valence electrons. The molecule has 0 aliphatic carbocycles. The van der Waals surface area contributed by atoms with Crippen LogP contribution in [0.5, 0.6) is 5.75 Å². The summed E-state index contributed by atoms with van der Waals surface area (Å²) in [7, 11) is 2.03. The lowest BCUT2D eigenvalue weighted by atomic mass is 10.2. The molecule has 3 rings (SSSR count). The van der Waals surface area contributed by atoms with Gasteiger partial charge in [0.1, 0.15) is 11.5 Å². The van der Waals surface area contributed by atoms with Crippen molar-refractivity contribution in [3.8, 4) is 5.75 Å². The SMILES string of the molecule is CC(C)CNc1nc2ccc(OC3=CCN(C)C=C3)cc2[nH]1. The molecule has 0 fully saturated rings. The second-order valence-electron chi connectivity index (χ2n) is 6.00. The van der Waals surface area contributed by atoms with Crippen LogP contribution in [0.3, 0.4) is 0 Å². The lowest BCUT2D eigenvalue weighted by Gasteiger charge is -2.17. The summed E-state index contributed by atoms with van der Waals surface area (Å²) in [5, 5.41) is 3.30. The summed E-state index contributed by atoms with van der Waals surface area (Å²) in [4.78, 5) is 9.91. The van der Waals surface area contributed by atoms with Gasteiger partial charge < -0.3 is 19.9 Å². The maximum Gasteiger partial charge on any atom is 0.201 e. The number of benzene rings is 1. The first kappa shape index (κ1) is 14.5. The summed E-state index contributed by atoms with van der Waals surface area (Å²) in [6, 6.07) is 5.90. The normalized spacial score (nSPS) is 14.5. The Morgan fingerprint density at radius 3 is 3.00 bits per heavy atom. The lowest BCUT2D eigenvalue weighted by molar-refractivity contribution is 0.416. The molecule has 0 atom stereocenters. The quantitative estimate of drug-likeness (QED) is 0.889. The Morgan fingerprint density at radius 1 is 1.41 bits per heavy atom. The van der Waals surface area contributed by atoms with E-state index >= 15 is 0 Å². The van der Waals surface area contributed by atoms with Gasteiger partial charge >= 0.3 is 0 Å². The number of H-pyrrole nitrogens is 1. The van der Waals surface area contributed by atoms with Crippen molar-refractivity contribution in [2.45, 2.75) is 13.8 Å². The topological polar surface area (TPSA) is 53.2 Å². The number of hydrogen-bond acceptors (Lipinski definition) is 4. The molecular weight excluding hydrogens is 276 g/mol. The number of aromatic nitrogens is 2. The molecular formula is C17H22N4O. The van der Waals surface area contributed by atoms with Gasteiger partial charge in [0.15, 0.2) is 0 Å². The Hall–Kier alpha value is -2.43. The summed E-state index contributed by atoms with van der Waals surface area (Å²) < 4.78 is 5.90. The van der Waals surface area contributed by atoms with Crippen LogP contribution < -0.4 is 10.1 Å². The van der Waals surface area contributed by atoms with E-state index in [1.807, 2.05) is 37.5 Å². The van der Waals surface area contributed by atoms with E-state index in [2.05, 4.69) is 40.1 Å². The van der Waals surface area contributed by atoms with E-state index in [9.17, 15) is 0 Å². The van der Waals surface area contributed by atoms with Gasteiger partial charge in [-0.2, -0.15) is 0 Å². The van der Waals surface area contributed by atoms with Gasteiger partial charge in [0.25, 0.3) is 0 Å². The van der Waals surface area contributed by atoms with Gasteiger partial charge in [-0.3, -0.25) is 0 Å². The molecule has 0 saturated carbocycles. The molecule has 0 radical (unpaired) electrons. The van der Waals surface area contributed by atoms with Crippen LogP contribution in [-0.4, -0.2) is 35.0 Å². The zero-order valence-corrected chi connectivity index (χ0v) is 13.3. The minimum absolute atomic E-state index is 0.579. The smallest absolute Gasteiger partial charge is 0.201 e. The van der Waals surface area contributed by atoms with Crippen molar-refractivity contribution in [1.82, 2.24) is 14.9 Å². The standard InChI is InChI=1S/C17H22N4O/c1-12(2)11-18-17-19-15-5-4-14(10-16(15)20-17)22-13-6-8-21(3)9-7-13/h4-8,10,12H,9,11H2,1-3H3,(H2,18,19,20). The average molecular weight is 298 g/mol. The van der Waals surface area contributed by atoms with E-state index in [-0.39, 0.29) is 0 Å². The van der Waals surface area contributed by atoms with Gasteiger partial charge in [-0.15, -0.1) is 0 Å². The van der Waals surface area contributed by atoms with Crippen molar-refractivity contribution in [2.24, 2.45) is 5.92 Å². The summed E-state index contributed by atoms with van der Waals surface area (Å²) in [6.45, 7) is 6.10. The Balaban J connectivity index is 1.74. The maximum atomic E-state index is 5.90. The van der Waals surface area contributed by atoms with Gasteiger partial charge in [-0.05, 0) is 30.2 Å². The molecule has 2 aromatic rings. The number of ether oxygens (including phenoxy) is 1. The molecule has 0 saturated heterocycles. The van der Waals surface area contributed by atoms with Crippen molar-refractivity contribution < 1.29 is 4.74 Å². The highest BCUT2D eigenvalue weighted by Gasteiger charge is 2.07. The largest absolute Gasteiger partial charge is 0.458 e. The zero-order valence-electron chi connectivity index (χ0n) is 13.3. The van der Waals surface area contributed by atoms with Crippen molar-refractivity contribution >= 4 is 17.0 Å². The number of rotatable bonds is 5. The van der Waals surface area contributed by atoms with Crippen LogP contribution in [-0.2, 0) is 0 Å². The highest BCUT2D eigenvalue weighted by molar-refractivity contribution is 5.79. The first-order valence-corrected chi connectivity index (χ1v) is 7.60. The average Bonchev–Trinajstić information content (AvgIpc) is 2.90. The molecule has 0 spiro atoms. The van der Waals surface area contributed by atoms with Crippen LogP contribution in [0.4, 0.5) is 5.95 Å². The fourth-order valence-electron chi connectivity index (χ4n) is 2.21. The second-order valence-corrected chi connectivity index (χ2v) is 6.00. The van der Waals surface area contributed by atoms with Crippen LogP contribution in [0.2, 0.25) is 0 Å². The van der Waals surface area contributed by atoms with Crippen LogP contribution >= 0.6 is 0 Å². The molecule has 0 amide bonds. The first-order chi connectivity index (χ1) is 10.6. The minimum Gasteiger partial charge on any atom is -0.458 e. The van der Waals surface area contributed by atoms with E-state index in [0.717, 1.165) is 41.6 Å². The van der Waals surface area contributed by atoms with Crippen molar-refractivity contribution in [2.75, 3.05) is 25.5 Å². The summed E-state index contributed by atoms with van der Waals surface area (Å²) in [5.74, 6) is 3.07. The van der Waals surface area contributed by atoms with Gasteiger partial charge in [0.2, 0.25) is 5.95 Å². The number of nitrogens with one attached hydrogen (secondary N) is 2. The molecule has 0 bridgehead atoms. The molecule has 5 heteroatoms. The van der Waals surface area contributed by atoms with Crippen LogP contribution in [0.1, 0.15) is 13.8 Å². The third-order valence-electron chi connectivity index (χ3n) is 3.44. The zero-order chi connectivity index (χ0) is 15.5. The molecule has 1 aromatic carbocycles. The van der Waals surface area contributed by atoms with Crippen LogP contribution in [0.15, 0.2) is 42.3 Å². The summed E-state index contributed by atoms with van der Waals surface area (Å²) in [5.41, 5.74) is 1.91. The lowest BCUT2D eigenvalue weighted by Crippen LogP contribution is -2.15. The molecule has 5 nitrogen and oxygen atoms in total. The highest BCUT2D eigenvalue weighted by Crippen LogP contribution is 2.23. The van der Waals surface area contributed by atoms with Crippen molar-refractivity contribution in [3.05, 3.63) is 42.3 Å². The summed E-state index contributed by atoms with van der Waals surface area (Å²) >= 11 is 0. The predicted octanol–water partition coefficient (Wildman–Crippen LogP) is 3.35. The molecule has 0 unspecified atom stereocenters. The van der Waals surface area contributed by atoms with E-state index in [0.29, 0.717) is 5.92 Å². The molecule has 22 heavy (non-hydrogen) atoms. The molecule has 1 aliphatic rings. The Labute approximate surface area is 130 Å². The molecule has 2 N–H and O–H groups in total. The number of anilines is 1. The van der Waals surface area contributed by atoms with Crippen LogP contribution in [0, 0.1) is 5.92 Å². The summed E-state index contributed by atoms with van der Waals surface area (Å²) in [6.07, 6.45) is 6.04. The minimum atomic E-state index is 0.579. The first-order valence-electron chi connectivity index (χ1n) is 7.60. The third-order valence-corrected chi connectivity index (χ3v) is 3.44. The second kappa shape index (κ2) is 6.13. The van der Waals surface area contributed by atoms with Crippen LogP contribution in [0.25, 0.3) is 11.0 Å². The highest BCUT2D eigenvalue weighted by atomic mass is 16.5. The van der Waals surface area contributed by atoms with E-state index in [1.54, 1.807) is 0 Å². The van der Waals surface area contributed by atoms with Gasteiger partial charge in [0.05, 0.1) is 11.0 Å². The van der Waals surface area contributed by atoms with Gasteiger partial charge in [-0.25, -0.2) is 4.98 Å². The van der Waals surface area contributed by atoms with Crippen molar-refractivity contribution in [3.63, 3.8) is 0 Å². The Morgan fingerprint density at radius 2 is 2.27 bits per heavy atom. The van der Waals surface area contributed by atoms with Crippen molar-refractivity contribution in [1.29, 1.82) is 0 Å². The number of allylic oxidation sites excluding steroid dienone is 1. The number of aromatic amines is 1. The fourth-order valence-corrected chi connectivity index (χ4v) is 2.21. The van der Waals surface area contributed by atoms with Gasteiger partial charge in [0, 0.05) is 32.4 Å². The Kier molecular flexibility index (Phi) is 4.04. The number of likely N-dealkylation sites (N-methyl/N-ethyl adjacent to an activating group) is 1. The predicted molar refractivity (Wildman–Crippen MR) is 89.9 cm³/mol. The molecule has 1 aliphatic heterocycles. The third kappa shape index (κ3) is 3.42. The Bertz CT molecular complexity index is 715. The number of fused-ring (bicyclic) bond motifs is 1. The fraction of sp³-hybridized carbons (Fsp3) is 0.353. The van der Waals surface area contributed by atoms with E-state index in [4.69, 9.17) is 4.74 Å². The van der Waals surface area contributed by atoms with E-state index < -0.39 is 0 Å². The van der Waals surface area contributed by atoms with Gasteiger partial charge in [-0.1, -0.05) is 13.8 Å². The number of hydrogen-bond donors (Lipinski definition) is 2. The maximum absolute atomic E-state index is 5.90. The van der Waals surface area contributed by atoms with E-state index in [1.165, 1.54) is 0 Å². The number of nitrogens with zero attached hydrogens (tertiary/aromatic N) is 2.